The van der Waals surface area contributed by atoms with E-state index in [1.54, 1.807) is 12.2 Å². The Morgan fingerprint density at radius 1 is 0.892 bits per heavy atom. The van der Waals surface area contributed by atoms with Crippen molar-refractivity contribution in [2.75, 3.05) is 0 Å². The van der Waals surface area contributed by atoms with Crippen molar-refractivity contribution in [2.24, 2.45) is 50.2 Å². The van der Waals surface area contributed by atoms with Gasteiger partial charge in [0.1, 0.15) is 0 Å². The first-order valence-electron chi connectivity index (χ1n) is 13.9. The van der Waals surface area contributed by atoms with Crippen LogP contribution in [0.3, 0.4) is 0 Å². The lowest BCUT2D eigenvalue weighted by Crippen LogP contribution is -2.65. The van der Waals surface area contributed by atoms with E-state index in [4.69, 9.17) is 0 Å². The van der Waals surface area contributed by atoms with Gasteiger partial charge in [-0.3, -0.25) is 14.4 Å². The molecule has 202 valence electrons. The van der Waals surface area contributed by atoms with Crippen LogP contribution in [0.1, 0.15) is 93.4 Å². The van der Waals surface area contributed by atoms with Crippen molar-refractivity contribution in [1.29, 1.82) is 0 Å². The van der Waals surface area contributed by atoms with Gasteiger partial charge in [0.15, 0.2) is 11.6 Å². The summed E-state index contributed by atoms with van der Waals surface area (Å²) in [6, 6.07) is 0. The van der Waals surface area contributed by atoms with Crippen molar-refractivity contribution in [1.82, 2.24) is 0 Å². The average molecular weight is 511 g/mol. The molecular formula is C31H42O6. The van der Waals surface area contributed by atoms with Crippen molar-refractivity contribution >= 4 is 23.5 Å². The van der Waals surface area contributed by atoms with Gasteiger partial charge >= 0.3 is 11.9 Å². The Morgan fingerprint density at radius 3 is 2.11 bits per heavy atom. The second-order valence-corrected chi connectivity index (χ2v) is 14.9. The summed E-state index contributed by atoms with van der Waals surface area (Å²) < 4.78 is 0. The smallest absolute Gasteiger partial charge is 0.339 e. The van der Waals surface area contributed by atoms with E-state index in [-0.39, 0.29) is 40.3 Å². The van der Waals surface area contributed by atoms with Crippen molar-refractivity contribution in [2.45, 2.75) is 93.4 Å². The number of carboxylic acid groups (broad SMARTS) is 2. The number of carboxylic acids is 2. The molecule has 0 aromatic rings. The number of Topliss-reactive ketones (excluding diaryl/α,β-unsaturated/α-hetero) is 1. The summed E-state index contributed by atoms with van der Waals surface area (Å²) in [6.07, 6.45) is 8.33. The molecule has 6 heteroatoms. The third kappa shape index (κ3) is 3.10. The van der Waals surface area contributed by atoms with Crippen molar-refractivity contribution in [3.8, 4) is 0 Å². The third-order valence-corrected chi connectivity index (χ3v) is 12.4. The lowest BCUT2D eigenvalue weighted by molar-refractivity contribution is -0.188. The monoisotopic (exact) mass is 510 g/mol. The second-order valence-electron chi connectivity index (χ2n) is 14.9. The number of rotatable bonds is 2. The summed E-state index contributed by atoms with van der Waals surface area (Å²) in [5, 5.41) is 20.4. The fraction of sp³-hybridized carbons (Fsp3) is 0.742. The molecule has 0 amide bonds. The lowest BCUT2D eigenvalue weighted by Gasteiger charge is -2.68. The van der Waals surface area contributed by atoms with Crippen LogP contribution in [0.5, 0.6) is 0 Å². The Kier molecular flexibility index (Phi) is 5.31. The van der Waals surface area contributed by atoms with Gasteiger partial charge in [-0.25, -0.2) is 4.79 Å². The maximum atomic E-state index is 14.2. The van der Waals surface area contributed by atoms with Crippen LogP contribution in [0, 0.1) is 50.2 Å². The molecule has 0 radical (unpaired) electrons. The standard InChI is InChI=1S/C31H42O6/c1-26(2)10-12-31(25(36)37)13-11-30(7)22(18(31)16-26)19(32)14-21-28(5)15-17(24(34)35)23(33)27(3,4)20(28)8-9-29(21,30)6/h14-15,18,20,22H,8-13,16H2,1-7H3,(H,34,35)(H,36,37)/t18-,20-,22-,28-,29+,30+,31-/m0/s1. The minimum atomic E-state index is -1.22. The fourth-order valence-electron chi connectivity index (χ4n) is 10.1. The number of fused-ring (bicyclic) bond motifs is 7. The largest absolute Gasteiger partial charge is 0.481 e. The average Bonchev–Trinajstić information content (AvgIpc) is 2.77. The molecule has 7 atom stereocenters. The molecule has 0 aromatic heterocycles. The van der Waals surface area contributed by atoms with E-state index >= 15 is 0 Å². The number of aliphatic carboxylic acids is 2. The minimum Gasteiger partial charge on any atom is -0.481 e. The van der Waals surface area contributed by atoms with Gasteiger partial charge in [-0.05, 0) is 79.1 Å². The summed E-state index contributed by atoms with van der Waals surface area (Å²) in [5.74, 6) is -3.05. The van der Waals surface area contributed by atoms with Gasteiger partial charge in [0.2, 0.25) is 0 Å². The number of hydrogen-bond donors (Lipinski definition) is 2. The zero-order valence-electron chi connectivity index (χ0n) is 23.4. The van der Waals surface area contributed by atoms with Crippen LogP contribution < -0.4 is 0 Å². The van der Waals surface area contributed by atoms with Crippen LogP contribution in [-0.4, -0.2) is 33.7 Å². The topological polar surface area (TPSA) is 109 Å². The molecule has 0 aromatic carbocycles. The van der Waals surface area contributed by atoms with Gasteiger partial charge in [0.05, 0.1) is 11.0 Å². The normalized spacial score (nSPS) is 45.9. The summed E-state index contributed by atoms with van der Waals surface area (Å²) >= 11 is 0. The van der Waals surface area contributed by atoms with Crippen molar-refractivity contribution in [3.05, 3.63) is 23.3 Å². The van der Waals surface area contributed by atoms with Gasteiger partial charge < -0.3 is 10.2 Å². The van der Waals surface area contributed by atoms with E-state index in [1.165, 1.54) is 0 Å². The molecule has 0 heterocycles. The molecule has 0 spiro atoms. The molecule has 5 aliphatic carbocycles. The van der Waals surface area contributed by atoms with E-state index in [1.807, 2.05) is 20.8 Å². The zero-order valence-corrected chi connectivity index (χ0v) is 23.4. The molecule has 37 heavy (non-hydrogen) atoms. The van der Waals surface area contributed by atoms with Gasteiger partial charge in [0, 0.05) is 16.7 Å². The van der Waals surface area contributed by atoms with E-state index in [0.29, 0.717) is 19.3 Å². The third-order valence-electron chi connectivity index (χ3n) is 12.4. The van der Waals surface area contributed by atoms with Crippen LogP contribution in [0.4, 0.5) is 0 Å². The van der Waals surface area contributed by atoms with Gasteiger partial charge in [-0.1, -0.05) is 60.1 Å². The van der Waals surface area contributed by atoms with E-state index in [2.05, 4.69) is 27.7 Å². The highest BCUT2D eigenvalue weighted by molar-refractivity contribution is 6.19. The first kappa shape index (κ1) is 26.4. The SMILES string of the molecule is CC1(C)CC[C@]2(C(=O)O)CC[C@]3(C)[C@H](C(=O)C=C4[C@@]5(C)C=C(C(=O)O)C(=O)C(C)(C)[C@@H]5CC[C@]43C)[C@@H]2C1. The number of ketones is 2. The molecule has 5 aliphatic rings. The summed E-state index contributed by atoms with van der Waals surface area (Å²) in [5.41, 5.74) is -2.58. The molecule has 3 saturated carbocycles. The summed E-state index contributed by atoms with van der Waals surface area (Å²) in [6.45, 7) is 14.5. The van der Waals surface area contributed by atoms with Gasteiger partial charge in [-0.2, -0.15) is 0 Å². The first-order valence-corrected chi connectivity index (χ1v) is 13.9. The molecule has 0 saturated heterocycles. The van der Waals surface area contributed by atoms with Crippen LogP contribution in [0.15, 0.2) is 23.3 Å². The molecule has 0 aliphatic heterocycles. The molecule has 6 nitrogen and oxygen atoms in total. The highest BCUT2D eigenvalue weighted by Crippen LogP contribution is 2.74. The van der Waals surface area contributed by atoms with Crippen LogP contribution in [0.2, 0.25) is 0 Å². The summed E-state index contributed by atoms with van der Waals surface area (Å²) in [7, 11) is 0. The molecular weight excluding hydrogens is 468 g/mol. The number of allylic oxidation sites excluding steroid dienone is 3. The van der Waals surface area contributed by atoms with Gasteiger partial charge in [-0.15, -0.1) is 0 Å². The number of carbonyl (C=O) groups is 4. The molecule has 5 rings (SSSR count). The van der Waals surface area contributed by atoms with Crippen molar-refractivity contribution < 1.29 is 29.4 Å². The maximum absolute atomic E-state index is 14.2. The molecule has 0 unspecified atom stereocenters. The van der Waals surface area contributed by atoms with E-state index in [9.17, 15) is 29.4 Å². The second kappa shape index (κ2) is 7.45. The fourth-order valence-corrected chi connectivity index (χ4v) is 10.1. The lowest BCUT2D eigenvalue weighted by atomic mass is 9.34. The Hall–Kier alpha value is -2.24. The van der Waals surface area contributed by atoms with Crippen LogP contribution >= 0.6 is 0 Å². The number of carbonyl (C=O) groups excluding carboxylic acids is 2. The quantitative estimate of drug-likeness (QED) is 0.451. The Labute approximate surface area is 220 Å². The molecule has 3 fully saturated rings. The summed E-state index contributed by atoms with van der Waals surface area (Å²) in [4.78, 5) is 52.4. The molecule has 2 N–H and O–H groups in total. The molecule has 0 bridgehead atoms. The highest BCUT2D eigenvalue weighted by atomic mass is 16.4. The first-order chi connectivity index (χ1) is 16.9. The van der Waals surface area contributed by atoms with E-state index in [0.717, 1.165) is 31.3 Å². The predicted molar refractivity (Wildman–Crippen MR) is 139 cm³/mol. The van der Waals surface area contributed by atoms with Crippen LogP contribution in [0.25, 0.3) is 0 Å². The van der Waals surface area contributed by atoms with E-state index < -0.39 is 39.0 Å². The Bertz CT molecular complexity index is 1190. The predicted octanol–water partition coefficient (Wildman–Crippen LogP) is 5.85. The van der Waals surface area contributed by atoms with Crippen molar-refractivity contribution in [3.63, 3.8) is 0 Å². The number of hydrogen-bond acceptors (Lipinski definition) is 4. The maximum Gasteiger partial charge on any atom is 0.339 e. The zero-order chi connectivity index (χ0) is 27.6. The Morgan fingerprint density at radius 2 is 1.51 bits per heavy atom. The highest BCUT2D eigenvalue weighted by Gasteiger charge is 2.71. The minimum absolute atomic E-state index is 0.00939. The Balaban J connectivity index is 1.71. The van der Waals surface area contributed by atoms with Gasteiger partial charge in [0.25, 0.3) is 0 Å². The van der Waals surface area contributed by atoms with Crippen LogP contribution in [-0.2, 0) is 19.2 Å².